The number of fused-ring (bicyclic) bond motifs is 1. The molecule has 0 saturated carbocycles. The summed E-state index contributed by atoms with van der Waals surface area (Å²) in [6.45, 7) is 3.16. The molecule has 1 aromatic heterocycles. The molecule has 2 aliphatic heterocycles. The first-order valence-electron chi connectivity index (χ1n) is 8.33. The van der Waals surface area contributed by atoms with Crippen molar-refractivity contribution in [1.82, 2.24) is 14.7 Å². The van der Waals surface area contributed by atoms with Crippen molar-refractivity contribution in [2.24, 2.45) is 11.3 Å². The van der Waals surface area contributed by atoms with Crippen molar-refractivity contribution >= 4 is 17.8 Å². The van der Waals surface area contributed by atoms with E-state index in [9.17, 15) is 19.5 Å². The number of hydrogen-bond acceptors (Lipinski definition) is 5. The van der Waals surface area contributed by atoms with E-state index in [2.05, 4.69) is 0 Å². The molecule has 8 nitrogen and oxygen atoms in total. The first kappa shape index (κ1) is 17.5. The number of carboxylic acid groups (broad SMARTS) is 1. The van der Waals surface area contributed by atoms with E-state index in [1.807, 2.05) is 25.9 Å². The zero-order valence-corrected chi connectivity index (χ0v) is 14.7. The van der Waals surface area contributed by atoms with Crippen molar-refractivity contribution in [3.05, 3.63) is 23.7 Å². The van der Waals surface area contributed by atoms with Gasteiger partial charge in [0.15, 0.2) is 5.76 Å². The highest BCUT2D eigenvalue weighted by Gasteiger charge is 2.62. The average Bonchev–Trinajstić information content (AvgIpc) is 3.21. The standard InChI is InChI=1S/C17H23N3O5/c1-4-19-9-17(16(23)24)10-20(8-12(17)14(19)21)15(22)13-6-5-11(25-13)7-18(2)3/h5-6,12H,4,7-10H2,1-3H3,(H,23,24)/t12-,17+/m1/s1. The number of carbonyl (C=O) groups excluding carboxylic acids is 2. The predicted octanol–water partition coefficient (Wildman–Crippen LogP) is 0.346. The van der Waals surface area contributed by atoms with Crippen LogP contribution < -0.4 is 0 Å². The monoisotopic (exact) mass is 349 g/mol. The molecule has 2 saturated heterocycles. The molecule has 3 rings (SSSR count). The number of amides is 2. The molecule has 0 aliphatic carbocycles. The van der Waals surface area contributed by atoms with E-state index < -0.39 is 17.3 Å². The van der Waals surface area contributed by atoms with Gasteiger partial charge in [-0.2, -0.15) is 0 Å². The van der Waals surface area contributed by atoms with Crippen LogP contribution in [-0.4, -0.2) is 77.9 Å². The van der Waals surface area contributed by atoms with E-state index >= 15 is 0 Å². The van der Waals surface area contributed by atoms with Crippen LogP contribution in [0.1, 0.15) is 23.2 Å². The van der Waals surface area contributed by atoms with Gasteiger partial charge in [-0.3, -0.25) is 14.4 Å². The Labute approximate surface area is 146 Å². The summed E-state index contributed by atoms with van der Waals surface area (Å²) in [5, 5.41) is 9.73. The van der Waals surface area contributed by atoms with Crippen molar-refractivity contribution in [3.63, 3.8) is 0 Å². The number of nitrogens with zero attached hydrogens (tertiary/aromatic N) is 3. The molecule has 0 radical (unpaired) electrons. The second-order valence-electron chi connectivity index (χ2n) is 7.06. The molecule has 1 aromatic rings. The number of likely N-dealkylation sites (tertiary alicyclic amines) is 2. The van der Waals surface area contributed by atoms with E-state index in [1.165, 1.54) is 4.90 Å². The maximum Gasteiger partial charge on any atom is 0.314 e. The fraction of sp³-hybridized carbons (Fsp3) is 0.588. The first-order valence-corrected chi connectivity index (χ1v) is 8.33. The molecule has 2 fully saturated rings. The van der Waals surface area contributed by atoms with Gasteiger partial charge < -0.3 is 24.2 Å². The van der Waals surface area contributed by atoms with Crippen LogP contribution in [0.5, 0.6) is 0 Å². The summed E-state index contributed by atoms with van der Waals surface area (Å²) >= 11 is 0. The van der Waals surface area contributed by atoms with Crippen molar-refractivity contribution < 1.29 is 23.9 Å². The topological polar surface area (TPSA) is 94.3 Å². The number of rotatable bonds is 5. The summed E-state index contributed by atoms with van der Waals surface area (Å²) in [4.78, 5) is 42.0. The summed E-state index contributed by atoms with van der Waals surface area (Å²) in [7, 11) is 3.79. The van der Waals surface area contributed by atoms with Gasteiger partial charge in [0.2, 0.25) is 5.91 Å². The lowest BCUT2D eigenvalue weighted by Crippen LogP contribution is -2.42. The zero-order chi connectivity index (χ0) is 18.4. The summed E-state index contributed by atoms with van der Waals surface area (Å²) in [6, 6.07) is 3.34. The lowest BCUT2D eigenvalue weighted by Gasteiger charge is -2.24. The highest BCUT2D eigenvalue weighted by Crippen LogP contribution is 2.44. The van der Waals surface area contributed by atoms with Gasteiger partial charge in [0.1, 0.15) is 11.2 Å². The van der Waals surface area contributed by atoms with Gasteiger partial charge in [-0.15, -0.1) is 0 Å². The van der Waals surface area contributed by atoms with Crippen molar-refractivity contribution in [1.29, 1.82) is 0 Å². The van der Waals surface area contributed by atoms with Gasteiger partial charge in [-0.25, -0.2) is 0 Å². The molecule has 0 unspecified atom stereocenters. The molecular weight excluding hydrogens is 326 g/mol. The molecule has 0 spiro atoms. The molecule has 3 heterocycles. The van der Waals surface area contributed by atoms with Crippen LogP contribution in [0.3, 0.4) is 0 Å². The number of furan rings is 1. The normalized spacial score (nSPS) is 25.8. The first-order chi connectivity index (χ1) is 11.8. The zero-order valence-electron chi connectivity index (χ0n) is 14.7. The molecule has 2 atom stereocenters. The predicted molar refractivity (Wildman–Crippen MR) is 87.8 cm³/mol. The Bertz CT molecular complexity index is 713. The highest BCUT2D eigenvalue weighted by atomic mass is 16.4. The van der Waals surface area contributed by atoms with Crippen LogP contribution in [-0.2, 0) is 16.1 Å². The second-order valence-corrected chi connectivity index (χ2v) is 7.06. The number of carbonyl (C=O) groups is 3. The SMILES string of the molecule is CCN1C[C@]2(C(=O)O)CN(C(=O)c3ccc(CN(C)C)o3)C[C@@H]2C1=O. The summed E-state index contributed by atoms with van der Waals surface area (Å²) in [6.07, 6.45) is 0. The van der Waals surface area contributed by atoms with Crippen molar-refractivity contribution in [2.75, 3.05) is 40.3 Å². The lowest BCUT2D eigenvalue weighted by atomic mass is 9.81. The molecule has 0 aromatic carbocycles. The Balaban J connectivity index is 1.80. The third kappa shape index (κ3) is 2.80. The van der Waals surface area contributed by atoms with Crippen LogP contribution in [0.2, 0.25) is 0 Å². The number of aliphatic carboxylic acids is 1. The second kappa shape index (κ2) is 6.18. The number of carboxylic acids is 1. The van der Waals surface area contributed by atoms with Crippen molar-refractivity contribution in [2.45, 2.75) is 13.5 Å². The number of hydrogen-bond donors (Lipinski definition) is 1. The van der Waals surface area contributed by atoms with Gasteiger partial charge in [-0.1, -0.05) is 0 Å². The van der Waals surface area contributed by atoms with Crippen molar-refractivity contribution in [3.8, 4) is 0 Å². The van der Waals surface area contributed by atoms with Gasteiger partial charge in [0, 0.05) is 26.2 Å². The molecule has 8 heteroatoms. The minimum absolute atomic E-state index is 0.0256. The minimum atomic E-state index is -1.22. The van der Waals surface area contributed by atoms with Gasteiger partial charge in [-0.05, 0) is 33.2 Å². The third-order valence-corrected chi connectivity index (χ3v) is 5.07. The van der Waals surface area contributed by atoms with Crippen LogP contribution in [0.15, 0.2) is 16.5 Å². The average molecular weight is 349 g/mol. The molecule has 0 bridgehead atoms. The largest absolute Gasteiger partial charge is 0.481 e. The Morgan fingerprint density at radius 2 is 2.08 bits per heavy atom. The van der Waals surface area contributed by atoms with Gasteiger partial charge >= 0.3 is 5.97 Å². The molecule has 136 valence electrons. The van der Waals surface area contributed by atoms with E-state index in [4.69, 9.17) is 4.42 Å². The Morgan fingerprint density at radius 1 is 1.36 bits per heavy atom. The van der Waals surface area contributed by atoms with Crippen LogP contribution in [0.25, 0.3) is 0 Å². The summed E-state index contributed by atoms with van der Waals surface area (Å²) < 4.78 is 5.58. The van der Waals surface area contributed by atoms with Gasteiger partial charge in [0.25, 0.3) is 5.91 Å². The molecule has 2 amide bonds. The molecule has 25 heavy (non-hydrogen) atoms. The summed E-state index contributed by atoms with van der Waals surface area (Å²) in [5.74, 6) is -1.43. The smallest absolute Gasteiger partial charge is 0.314 e. The van der Waals surface area contributed by atoms with E-state index in [0.717, 1.165) is 0 Å². The maximum atomic E-state index is 12.7. The lowest BCUT2D eigenvalue weighted by molar-refractivity contribution is -0.149. The Hall–Kier alpha value is -2.35. The maximum absolute atomic E-state index is 12.7. The Kier molecular flexibility index (Phi) is 4.32. The van der Waals surface area contributed by atoms with E-state index in [1.54, 1.807) is 17.0 Å². The minimum Gasteiger partial charge on any atom is -0.481 e. The highest BCUT2D eigenvalue weighted by molar-refractivity contribution is 5.97. The molecular formula is C17H23N3O5. The van der Waals surface area contributed by atoms with Gasteiger partial charge in [0.05, 0.1) is 12.5 Å². The quantitative estimate of drug-likeness (QED) is 0.824. The van der Waals surface area contributed by atoms with Crippen LogP contribution >= 0.6 is 0 Å². The Morgan fingerprint density at radius 3 is 2.64 bits per heavy atom. The summed E-state index contributed by atoms with van der Waals surface area (Å²) in [5.41, 5.74) is -1.22. The molecule has 1 N–H and O–H groups in total. The van der Waals surface area contributed by atoms with E-state index in [-0.39, 0.29) is 37.2 Å². The fourth-order valence-electron chi connectivity index (χ4n) is 3.78. The van der Waals surface area contributed by atoms with Crippen LogP contribution in [0.4, 0.5) is 0 Å². The van der Waals surface area contributed by atoms with Crippen LogP contribution in [0, 0.1) is 11.3 Å². The third-order valence-electron chi connectivity index (χ3n) is 5.07. The van der Waals surface area contributed by atoms with E-state index in [0.29, 0.717) is 18.8 Å². The molecule has 2 aliphatic rings. The fourth-order valence-corrected chi connectivity index (χ4v) is 3.78.